The molecule has 0 aliphatic carbocycles. The Hall–Kier alpha value is -1.00. The standard InChI is InChI=1S/C12H17ClFN3/c1-8-7-16(2)3-4-17(8)12-6-10(14)9(13)5-11(12)15/h5-6,8H,3-4,7,15H2,1-2H3. The minimum absolute atomic E-state index is 0.0769. The Balaban J connectivity index is 2.31. The SMILES string of the molecule is CC1CN(C)CCN1c1cc(F)c(Cl)cc1N. The maximum Gasteiger partial charge on any atom is 0.144 e. The molecule has 17 heavy (non-hydrogen) atoms. The van der Waals surface area contributed by atoms with Gasteiger partial charge < -0.3 is 15.5 Å². The molecule has 1 heterocycles. The summed E-state index contributed by atoms with van der Waals surface area (Å²) in [5.74, 6) is -0.415. The lowest BCUT2D eigenvalue weighted by Gasteiger charge is -2.40. The van der Waals surface area contributed by atoms with E-state index in [0.717, 1.165) is 25.3 Å². The molecule has 0 spiro atoms. The Morgan fingerprint density at radius 1 is 1.41 bits per heavy atom. The third kappa shape index (κ3) is 2.48. The summed E-state index contributed by atoms with van der Waals surface area (Å²) < 4.78 is 13.5. The quantitative estimate of drug-likeness (QED) is 0.783. The number of nitrogen functional groups attached to an aromatic ring is 1. The van der Waals surface area contributed by atoms with Crippen LogP contribution >= 0.6 is 11.6 Å². The van der Waals surface area contributed by atoms with Crippen LogP contribution in [0.15, 0.2) is 12.1 Å². The van der Waals surface area contributed by atoms with Crippen molar-refractivity contribution in [2.45, 2.75) is 13.0 Å². The van der Waals surface area contributed by atoms with Crippen molar-refractivity contribution in [2.24, 2.45) is 0 Å². The second kappa shape index (κ2) is 4.70. The van der Waals surface area contributed by atoms with Gasteiger partial charge in [0, 0.05) is 31.7 Å². The normalized spacial score (nSPS) is 21.9. The van der Waals surface area contributed by atoms with Crippen LogP contribution in [-0.4, -0.2) is 37.6 Å². The molecule has 1 aromatic rings. The van der Waals surface area contributed by atoms with Crippen LogP contribution in [0.5, 0.6) is 0 Å². The Morgan fingerprint density at radius 2 is 2.12 bits per heavy atom. The summed E-state index contributed by atoms with van der Waals surface area (Å²) >= 11 is 5.70. The summed E-state index contributed by atoms with van der Waals surface area (Å²) in [4.78, 5) is 4.39. The highest BCUT2D eigenvalue weighted by Gasteiger charge is 2.23. The van der Waals surface area contributed by atoms with E-state index in [2.05, 4.69) is 23.8 Å². The monoisotopic (exact) mass is 257 g/mol. The highest BCUT2D eigenvalue weighted by atomic mass is 35.5. The fraction of sp³-hybridized carbons (Fsp3) is 0.500. The van der Waals surface area contributed by atoms with Crippen LogP contribution < -0.4 is 10.6 Å². The Labute approximate surface area is 106 Å². The van der Waals surface area contributed by atoms with E-state index < -0.39 is 5.82 Å². The first-order valence-corrected chi connectivity index (χ1v) is 6.06. The van der Waals surface area contributed by atoms with Crippen LogP contribution in [0.3, 0.4) is 0 Å². The molecule has 94 valence electrons. The van der Waals surface area contributed by atoms with Crippen molar-refractivity contribution in [3.05, 3.63) is 23.0 Å². The highest BCUT2D eigenvalue weighted by Crippen LogP contribution is 2.31. The first-order chi connectivity index (χ1) is 7.99. The van der Waals surface area contributed by atoms with E-state index in [9.17, 15) is 4.39 Å². The average molecular weight is 258 g/mol. The number of nitrogens with two attached hydrogens (primary N) is 1. The van der Waals surface area contributed by atoms with Crippen LogP contribution in [0.2, 0.25) is 5.02 Å². The average Bonchev–Trinajstić information content (AvgIpc) is 2.24. The molecule has 0 bridgehead atoms. The van der Waals surface area contributed by atoms with E-state index in [1.165, 1.54) is 12.1 Å². The van der Waals surface area contributed by atoms with Gasteiger partial charge in [-0.1, -0.05) is 11.6 Å². The van der Waals surface area contributed by atoms with Gasteiger partial charge in [0.2, 0.25) is 0 Å². The fourth-order valence-electron chi connectivity index (χ4n) is 2.30. The van der Waals surface area contributed by atoms with Crippen molar-refractivity contribution in [2.75, 3.05) is 37.3 Å². The van der Waals surface area contributed by atoms with E-state index in [-0.39, 0.29) is 5.02 Å². The van der Waals surface area contributed by atoms with Crippen molar-refractivity contribution < 1.29 is 4.39 Å². The summed E-state index contributed by atoms with van der Waals surface area (Å²) in [6, 6.07) is 3.23. The topological polar surface area (TPSA) is 32.5 Å². The van der Waals surface area contributed by atoms with Gasteiger partial charge in [-0.25, -0.2) is 4.39 Å². The Kier molecular flexibility index (Phi) is 3.45. The summed E-state index contributed by atoms with van der Waals surface area (Å²) in [6.07, 6.45) is 0. The molecule has 0 radical (unpaired) electrons. The van der Waals surface area contributed by atoms with Crippen molar-refractivity contribution in [3.8, 4) is 0 Å². The number of piperazine rings is 1. The lowest BCUT2D eigenvalue weighted by molar-refractivity contribution is 0.275. The number of hydrogen-bond acceptors (Lipinski definition) is 3. The first-order valence-electron chi connectivity index (χ1n) is 5.68. The molecular formula is C12H17ClFN3. The molecule has 0 saturated carbocycles. The van der Waals surface area contributed by atoms with Crippen molar-refractivity contribution >= 4 is 23.0 Å². The minimum atomic E-state index is -0.415. The maximum absolute atomic E-state index is 13.5. The van der Waals surface area contributed by atoms with Gasteiger partial charge in [0.15, 0.2) is 0 Å². The van der Waals surface area contributed by atoms with Crippen molar-refractivity contribution in [3.63, 3.8) is 0 Å². The van der Waals surface area contributed by atoms with Gasteiger partial charge >= 0.3 is 0 Å². The predicted octanol–water partition coefficient (Wildman–Crippen LogP) is 2.20. The Morgan fingerprint density at radius 3 is 2.76 bits per heavy atom. The molecule has 1 aromatic carbocycles. The van der Waals surface area contributed by atoms with E-state index in [1.54, 1.807) is 0 Å². The maximum atomic E-state index is 13.5. The van der Waals surface area contributed by atoms with Crippen LogP contribution in [0.4, 0.5) is 15.8 Å². The predicted molar refractivity (Wildman–Crippen MR) is 70.1 cm³/mol. The zero-order valence-corrected chi connectivity index (χ0v) is 10.8. The fourth-order valence-corrected chi connectivity index (χ4v) is 2.47. The van der Waals surface area contributed by atoms with Crippen molar-refractivity contribution in [1.29, 1.82) is 0 Å². The molecule has 1 aliphatic heterocycles. The molecule has 1 atom stereocenters. The van der Waals surface area contributed by atoms with E-state index >= 15 is 0 Å². The third-order valence-electron chi connectivity index (χ3n) is 3.21. The van der Waals surface area contributed by atoms with E-state index in [1.807, 2.05) is 0 Å². The van der Waals surface area contributed by atoms with Gasteiger partial charge in [-0.3, -0.25) is 0 Å². The lowest BCUT2D eigenvalue weighted by atomic mass is 10.1. The molecule has 0 amide bonds. The number of rotatable bonds is 1. The first kappa shape index (κ1) is 12.5. The Bertz CT molecular complexity index is 424. The molecular weight excluding hydrogens is 241 g/mol. The van der Waals surface area contributed by atoms with Crippen LogP contribution in [0.25, 0.3) is 0 Å². The van der Waals surface area contributed by atoms with Gasteiger partial charge in [0.05, 0.1) is 16.4 Å². The summed E-state index contributed by atoms with van der Waals surface area (Å²) in [5.41, 5.74) is 7.19. The number of halogens is 2. The number of benzene rings is 1. The second-order valence-corrected chi connectivity index (χ2v) is 5.04. The van der Waals surface area contributed by atoms with Gasteiger partial charge in [0.25, 0.3) is 0 Å². The van der Waals surface area contributed by atoms with Crippen LogP contribution in [0.1, 0.15) is 6.92 Å². The van der Waals surface area contributed by atoms with Crippen molar-refractivity contribution in [1.82, 2.24) is 4.90 Å². The van der Waals surface area contributed by atoms with Gasteiger partial charge in [0.1, 0.15) is 5.82 Å². The zero-order valence-electron chi connectivity index (χ0n) is 10.1. The number of likely N-dealkylation sites (N-methyl/N-ethyl adjacent to an activating group) is 1. The molecule has 5 heteroatoms. The molecule has 1 fully saturated rings. The molecule has 3 nitrogen and oxygen atoms in total. The third-order valence-corrected chi connectivity index (χ3v) is 3.50. The summed E-state index contributed by atoms with van der Waals surface area (Å²) in [7, 11) is 2.08. The van der Waals surface area contributed by atoms with Crippen LogP contribution in [-0.2, 0) is 0 Å². The summed E-state index contributed by atoms with van der Waals surface area (Å²) in [6.45, 7) is 4.86. The summed E-state index contributed by atoms with van der Waals surface area (Å²) in [5, 5.41) is 0.0769. The van der Waals surface area contributed by atoms with Gasteiger partial charge in [-0.15, -0.1) is 0 Å². The zero-order chi connectivity index (χ0) is 12.6. The molecule has 1 saturated heterocycles. The van der Waals surface area contributed by atoms with Gasteiger partial charge in [-0.05, 0) is 20.0 Å². The highest BCUT2D eigenvalue weighted by molar-refractivity contribution is 6.31. The number of hydrogen-bond donors (Lipinski definition) is 1. The molecule has 1 unspecified atom stereocenters. The lowest BCUT2D eigenvalue weighted by Crippen LogP contribution is -2.50. The minimum Gasteiger partial charge on any atom is -0.397 e. The molecule has 0 aromatic heterocycles. The van der Waals surface area contributed by atoms with Crippen LogP contribution in [0, 0.1) is 5.82 Å². The molecule has 2 rings (SSSR count). The smallest absolute Gasteiger partial charge is 0.144 e. The van der Waals surface area contributed by atoms with E-state index in [4.69, 9.17) is 17.3 Å². The second-order valence-electron chi connectivity index (χ2n) is 4.63. The van der Waals surface area contributed by atoms with E-state index in [0.29, 0.717) is 11.7 Å². The van der Waals surface area contributed by atoms with Gasteiger partial charge in [-0.2, -0.15) is 0 Å². The molecule has 2 N–H and O–H groups in total. The largest absolute Gasteiger partial charge is 0.397 e. The molecule has 1 aliphatic rings. The number of anilines is 2. The number of nitrogens with zero attached hydrogens (tertiary/aromatic N) is 2.